The summed E-state index contributed by atoms with van der Waals surface area (Å²) in [4.78, 5) is 11.4. The van der Waals surface area contributed by atoms with Crippen LogP contribution in [-0.4, -0.2) is 31.6 Å². The Labute approximate surface area is 154 Å². The van der Waals surface area contributed by atoms with E-state index >= 15 is 0 Å². The number of nitrogens with one attached hydrogen (secondary N) is 2. The fraction of sp³-hybridized carbons (Fsp3) is 0.278. The van der Waals surface area contributed by atoms with Crippen molar-refractivity contribution in [2.24, 2.45) is 0 Å². The molecule has 1 unspecified atom stereocenters. The number of anilines is 3. The Hall–Kier alpha value is -2.97. The molecule has 1 amide bonds. The van der Waals surface area contributed by atoms with E-state index in [0.29, 0.717) is 0 Å². The second kappa shape index (κ2) is 10.2. The number of allylic oxidation sites excluding steroid dienone is 3. The topological polar surface area (TPSA) is 76.4 Å². The molecule has 0 aromatic heterocycles. The van der Waals surface area contributed by atoms with Gasteiger partial charge in [-0.25, -0.2) is 9.18 Å². The molecule has 4 N–H and O–H groups in total. The summed E-state index contributed by atoms with van der Waals surface area (Å²) in [5, 5.41) is 4.70. The molecule has 148 valence electrons. The molecule has 0 saturated carbocycles. The third-order valence-electron chi connectivity index (χ3n) is 3.25. The van der Waals surface area contributed by atoms with Gasteiger partial charge in [-0.05, 0) is 30.7 Å². The van der Waals surface area contributed by atoms with E-state index in [4.69, 9.17) is 10.5 Å². The third kappa shape index (κ3) is 7.04. The standard InChI is InChI=1S/C18H21F4N3O2/c1-3-6-12(7-5-10-19)16(18(20,21)22)24-13-8-9-15(14(23)11-13)25-17(26)27-4-2/h3,5-9,11,16,24H,1,4,10,23H2,2H3,(H,25,26)/b7-5-,12-6+. The zero-order valence-corrected chi connectivity index (χ0v) is 14.6. The monoisotopic (exact) mass is 387 g/mol. The summed E-state index contributed by atoms with van der Waals surface area (Å²) in [6.45, 7) is 4.25. The van der Waals surface area contributed by atoms with Crippen molar-refractivity contribution < 1.29 is 27.1 Å². The van der Waals surface area contributed by atoms with Crippen LogP contribution in [0.4, 0.5) is 39.4 Å². The Kier molecular flexibility index (Phi) is 8.37. The highest BCUT2D eigenvalue weighted by molar-refractivity contribution is 5.89. The van der Waals surface area contributed by atoms with Crippen molar-refractivity contribution in [3.8, 4) is 0 Å². The molecule has 1 aromatic rings. The van der Waals surface area contributed by atoms with E-state index in [0.717, 1.165) is 18.2 Å². The Bertz CT molecular complexity index is 715. The van der Waals surface area contributed by atoms with E-state index in [1.807, 2.05) is 0 Å². The Morgan fingerprint density at radius 2 is 2.11 bits per heavy atom. The lowest BCUT2D eigenvalue weighted by atomic mass is 10.0. The second-order valence-electron chi connectivity index (χ2n) is 5.23. The van der Waals surface area contributed by atoms with Crippen molar-refractivity contribution in [3.63, 3.8) is 0 Å². The molecule has 0 saturated heterocycles. The number of carbonyl (C=O) groups excluding carboxylic acids is 1. The predicted molar refractivity (Wildman–Crippen MR) is 98.4 cm³/mol. The minimum Gasteiger partial charge on any atom is -0.450 e. The number of halogens is 4. The highest BCUT2D eigenvalue weighted by Crippen LogP contribution is 2.31. The number of nitrogens with two attached hydrogens (primary N) is 1. The van der Waals surface area contributed by atoms with Gasteiger partial charge in [-0.3, -0.25) is 5.32 Å². The highest BCUT2D eigenvalue weighted by atomic mass is 19.4. The summed E-state index contributed by atoms with van der Waals surface area (Å²) < 4.78 is 57.5. The molecule has 0 aliphatic rings. The lowest BCUT2D eigenvalue weighted by molar-refractivity contribution is -0.133. The van der Waals surface area contributed by atoms with Crippen LogP contribution in [0.2, 0.25) is 0 Å². The minimum absolute atomic E-state index is 0.0440. The van der Waals surface area contributed by atoms with Crippen molar-refractivity contribution in [1.29, 1.82) is 0 Å². The molecular weight excluding hydrogens is 366 g/mol. The van der Waals surface area contributed by atoms with Gasteiger partial charge in [-0.2, -0.15) is 13.2 Å². The lowest BCUT2D eigenvalue weighted by Crippen LogP contribution is -2.37. The molecule has 27 heavy (non-hydrogen) atoms. The second-order valence-corrected chi connectivity index (χ2v) is 5.23. The summed E-state index contributed by atoms with van der Waals surface area (Å²) in [6, 6.07) is 1.80. The van der Waals surface area contributed by atoms with Gasteiger partial charge in [0, 0.05) is 5.69 Å². The first kappa shape index (κ1) is 22.1. The number of hydrogen-bond acceptors (Lipinski definition) is 4. The molecular formula is C18H21F4N3O2. The summed E-state index contributed by atoms with van der Waals surface area (Å²) in [6.07, 6.45) is -1.07. The maximum atomic E-state index is 13.5. The molecule has 1 atom stereocenters. The maximum absolute atomic E-state index is 13.5. The summed E-state index contributed by atoms with van der Waals surface area (Å²) in [5.41, 5.74) is 5.86. The Morgan fingerprint density at radius 1 is 1.41 bits per heavy atom. The molecule has 0 aliphatic carbocycles. The van der Waals surface area contributed by atoms with Crippen LogP contribution in [-0.2, 0) is 4.74 Å². The Morgan fingerprint density at radius 3 is 2.63 bits per heavy atom. The fourth-order valence-electron chi connectivity index (χ4n) is 2.13. The molecule has 0 bridgehead atoms. The van der Waals surface area contributed by atoms with Gasteiger partial charge in [-0.1, -0.05) is 30.9 Å². The number of rotatable bonds is 8. The van der Waals surface area contributed by atoms with Crippen molar-refractivity contribution in [2.75, 3.05) is 29.6 Å². The fourth-order valence-corrected chi connectivity index (χ4v) is 2.13. The van der Waals surface area contributed by atoms with Gasteiger partial charge in [0.1, 0.15) is 12.7 Å². The number of nitrogen functional groups attached to an aromatic ring is 1. The normalized spacial score (nSPS) is 13.3. The van der Waals surface area contributed by atoms with Crippen LogP contribution >= 0.6 is 0 Å². The van der Waals surface area contributed by atoms with Crippen LogP contribution in [0.25, 0.3) is 0 Å². The van der Waals surface area contributed by atoms with Crippen molar-refractivity contribution in [3.05, 3.63) is 54.7 Å². The van der Waals surface area contributed by atoms with Gasteiger partial charge < -0.3 is 15.8 Å². The van der Waals surface area contributed by atoms with Crippen LogP contribution in [0.15, 0.2) is 54.7 Å². The first-order valence-corrected chi connectivity index (χ1v) is 7.94. The first-order chi connectivity index (χ1) is 12.7. The van der Waals surface area contributed by atoms with Gasteiger partial charge in [0.05, 0.1) is 18.0 Å². The largest absolute Gasteiger partial charge is 0.450 e. The summed E-state index contributed by atoms with van der Waals surface area (Å²) >= 11 is 0. The predicted octanol–water partition coefficient (Wildman–Crippen LogP) is 4.82. The highest BCUT2D eigenvalue weighted by Gasteiger charge is 2.41. The van der Waals surface area contributed by atoms with Gasteiger partial charge in [-0.15, -0.1) is 0 Å². The number of carbonyl (C=O) groups is 1. The first-order valence-electron chi connectivity index (χ1n) is 7.94. The zero-order chi connectivity index (χ0) is 20.4. The molecule has 9 heteroatoms. The molecule has 0 spiro atoms. The van der Waals surface area contributed by atoms with Gasteiger partial charge in [0.15, 0.2) is 0 Å². The summed E-state index contributed by atoms with van der Waals surface area (Å²) in [7, 11) is 0. The van der Waals surface area contributed by atoms with E-state index in [1.165, 1.54) is 24.3 Å². The average molecular weight is 387 g/mol. The average Bonchev–Trinajstić information content (AvgIpc) is 2.58. The smallest absolute Gasteiger partial charge is 0.412 e. The number of amides is 1. The van der Waals surface area contributed by atoms with E-state index in [-0.39, 0.29) is 29.2 Å². The van der Waals surface area contributed by atoms with E-state index in [9.17, 15) is 22.4 Å². The van der Waals surface area contributed by atoms with Gasteiger partial charge in [0.25, 0.3) is 0 Å². The number of benzene rings is 1. The van der Waals surface area contributed by atoms with Crippen LogP contribution in [0, 0.1) is 0 Å². The van der Waals surface area contributed by atoms with Crippen LogP contribution in [0.5, 0.6) is 0 Å². The molecule has 1 rings (SSSR count). The molecule has 1 aromatic carbocycles. The van der Waals surface area contributed by atoms with Crippen molar-refractivity contribution >= 4 is 23.2 Å². The van der Waals surface area contributed by atoms with E-state index < -0.39 is 25.0 Å². The molecule has 5 nitrogen and oxygen atoms in total. The summed E-state index contributed by atoms with van der Waals surface area (Å²) in [5.74, 6) is 0. The zero-order valence-electron chi connectivity index (χ0n) is 14.6. The number of alkyl halides is 4. The van der Waals surface area contributed by atoms with Crippen molar-refractivity contribution in [2.45, 2.75) is 19.1 Å². The van der Waals surface area contributed by atoms with E-state index in [1.54, 1.807) is 6.92 Å². The molecule has 0 fully saturated rings. The Balaban J connectivity index is 3.10. The number of ether oxygens (including phenoxy) is 1. The van der Waals surface area contributed by atoms with Crippen LogP contribution in [0.1, 0.15) is 6.92 Å². The maximum Gasteiger partial charge on any atom is 0.412 e. The quantitative estimate of drug-likeness (QED) is 0.340. The molecule has 0 aliphatic heterocycles. The minimum atomic E-state index is -4.66. The molecule has 0 heterocycles. The van der Waals surface area contributed by atoms with Crippen LogP contribution < -0.4 is 16.4 Å². The van der Waals surface area contributed by atoms with Gasteiger partial charge in [0.2, 0.25) is 0 Å². The SMILES string of the molecule is C=C/C=C(\C=C/CF)C(Nc1ccc(NC(=O)OCC)c(N)c1)C(F)(F)F. The van der Waals surface area contributed by atoms with Gasteiger partial charge >= 0.3 is 12.3 Å². The number of hydrogen-bond donors (Lipinski definition) is 3. The van der Waals surface area contributed by atoms with Crippen molar-refractivity contribution in [1.82, 2.24) is 0 Å². The lowest BCUT2D eigenvalue weighted by Gasteiger charge is -2.24. The van der Waals surface area contributed by atoms with Crippen LogP contribution in [0.3, 0.4) is 0 Å². The third-order valence-corrected chi connectivity index (χ3v) is 3.25. The van der Waals surface area contributed by atoms with E-state index in [2.05, 4.69) is 17.2 Å². The molecule has 0 radical (unpaired) electrons.